The van der Waals surface area contributed by atoms with Gasteiger partial charge in [-0.3, -0.25) is 4.98 Å². The molecule has 0 saturated carbocycles. The Hall–Kier alpha value is -5.34. The highest BCUT2D eigenvalue weighted by molar-refractivity contribution is 6.11. The van der Waals surface area contributed by atoms with Gasteiger partial charge in [0.1, 0.15) is 0 Å². The van der Waals surface area contributed by atoms with Crippen molar-refractivity contribution in [1.82, 2.24) is 9.97 Å². The molecule has 0 spiro atoms. The minimum atomic E-state index is 0.881. The first-order chi connectivity index (χ1) is 19.8. The van der Waals surface area contributed by atoms with Crippen LogP contribution < -0.4 is 0 Å². The Labute approximate surface area is 232 Å². The average molecular weight is 509 g/mol. The van der Waals surface area contributed by atoms with Crippen LogP contribution in [0.3, 0.4) is 0 Å². The summed E-state index contributed by atoms with van der Waals surface area (Å²) in [5.74, 6) is 0. The van der Waals surface area contributed by atoms with Crippen molar-refractivity contribution in [2.45, 2.75) is 0 Å². The van der Waals surface area contributed by atoms with Crippen molar-refractivity contribution in [3.8, 4) is 33.6 Å². The van der Waals surface area contributed by atoms with Crippen molar-refractivity contribution < 1.29 is 0 Å². The first-order valence-electron chi connectivity index (χ1n) is 13.6. The van der Waals surface area contributed by atoms with Gasteiger partial charge >= 0.3 is 0 Å². The van der Waals surface area contributed by atoms with Crippen LogP contribution in [0.25, 0.3) is 76.9 Å². The molecule has 2 heteroatoms. The van der Waals surface area contributed by atoms with Crippen LogP contribution in [-0.4, -0.2) is 9.97 Å². The quantitative estimate of drug-likeness (QED) is 0.222. The maximum absolute atomic E-state index is 5.00. The SMILES string of the molecule is c1ccc2c(c1)ccc1cc(-c3ccc(-c4ccc(-c5nc6ccccc6c6ccccc56)nc4)cc3)ccc12. The fourth-order valence-electron chi connectivity index (χ4n) is 5.85. The van der Waals surface area contributed by atoms with E-state index in [1.54, 1.807) is 0 Å². The van der Waals surface area contributed by atoms with E-state index in [0.717, 1.165) is 33.4 Å². The van der Waals surface area contributed by atoms with Gasteiger partial charge in [-0.05, 0) is 61.8 Å². The molecule has 0 radical (unpaired) electrons. The zero-order chi connectivity index (χ0) is 26.5. The minimum absolute atomic E-state index is 0.881. The van der Waals surface area contributed by atoms with Gasteiger partial charge in [0.05, 0.1) is 16.9 Å². The monoisotopic (exact) mass is 508 g/mol. The highest BCUT2D eigenvalue weighted by Gasteiger charge is 2.11. The summed E-state index contributed by atoms with van der Waals surface area (Å²) in [4.78, 5) is 9.86. The van der Waals surface area contributed by atoms with Gasteiger partial charge in [0.25, 0.3) is 0 Å². The predicted molar refractivity (Wildman–Crippen MR) is 168 cm³/mol. The van der Waals surface area contributed by atoms with Crippen LogP contribution in [0.2, 0.25) is 0 Å². The molecule has 0 bridgehead atoms. The van der Waals surface area contributed by atoms with Crippen LogP contribution in [0.4, 0.5) is 0 Å². The van der Waals surface area contributed by atoms with Crippen LogP contribution in [0.1, 0.15) is 0 Å². The molecule has 0 saturated heterocycles. The molecule has 0 aliphatic carbocycles. The van der Waals surface area contributed by atoms with Crippen molar-refractivity contribution in [2.24, 2.45) is 0 Å². The first kappa shape index (κ1) is 22.6. The topological polar surface area (TPSA) is 25.8 Å². The van der Waals surface area contributed by atoms with E-state index in [9.17, 15) is 0 Å². The Kier molecular flexibility index (Phi) is 5.17. The van der Waals surface area contributed by atoms with Gasteiger partial charge in [0.2, 0.25) is 0 Å². The summed E-state index contributed by atoms with van der Waals surface area (Å²) in [7, 11) is 0. The van der Waals surface area contributed by atoms with Gasteiger partial charge in [0, 0.05) is 22.5 Å². The number of benzene rings is 6. The van der Waals surface area contributed by atoms with E-state index in [-0.39, 0.29) is 0 Å². The molecular weight excluding hydrogens is 484 g/mol. The number of rotatable bonds is 3. The number of fused-ring (bicyclic) bond motifs is 6. The number of para-hydroxylation sites is 1. The van der Waals surface area contributed by atoms with E-state index in [2.05, 4.69) is 133 Å². The van der Waals surface area contributed by atoms with E-state index >= 15 is 0 Å². The zero-order valence-electron chi connectivity index (χ0n) is 21.8. The molecule has 8 rings (SSSR count). The zero-order valence-corrected chi connectivity index (χ0v) is 21.8. The van der Waals surface area contributed by atoms with Crippen molar-refractivity contribution in [2.75, 3.05) is 0 Å². The van der Waals surface area contributed by atoms with E-state index < -0.39 is 0 Å². The molecule has 2 heterocycles. The molecule has 8 aromatic rings. The number of nitrogens with zero attached hydrogens (tertiary/aromatic N) is 2. The number of aromatic nitrogens is 2. The highest BCUT2D eigenvalue weighted by atomic mass is 14.8. The first-order valence-corrected chi connectivity index (χ1v) is 13.6. The summed E-state index contributed by atoms with van der Waals surface area (Å²) in [6.45, 7) is 0. The van der Waals surface area contributed by atoms with Crippen molar-refractivity contribution in [3.05, 3.63) is 146 Å². The lowest BCUT2D eigenvalue weighted by Crippen LogP contribution is -1.92. The molecule has 0 atom stereocenters. The van der Waals surface area contributed by atoms with Gasteiger partial charge in [0.15, 0.2) is 0 Å². The van der Waals surface area contributed by atoms with E-state index in [1.165, 1.54) is 43.4 Å². The summed E-state index contributed by atoms with van der Waals surface area (Å²) < 4.78 is 0. The molecule has 0 amide bonds. The Morgan fingerprint density at radius 2 is 0.975 bits per heavy atom. The molecule has 40 heavy (non-hydrogen) atoms. The summed E-state index contributed by atoms with van der Waals surface area (Å²) in [5.41, 5.74) is 7.44. The maximum Gasteiger partial charge on any atom is 0.0972 e. The Morgan fingerprint density at radius 3 is 1.77 bits per heavy atom. The lowest BCUT2D eigenvalue weighted by molar-refractivity contribution is 1.29. The third-order valence-electron chi connectivity index (χ3n) is 7.91. The fraction of sp³-hybridized carbons (Fsp3) is 0. The van der Waals surface area contributed by atoms with Crippen LogP contribution in [0.15, 0.2) is 146 Å². The molecule has 186 valence electrons. The average Bonchev–Trinajstić information content (AvgIpc) is 3.04. The summed E-state index contributed by atoms with van der Waals surface area (Å²) >= 11 is 0. The molecule has 0 aliphatic rings. The molecule has 2 nitrogen and oxygen atoms in total. The number of hydrogen-bond donors (Lipinski definition) is 0. The van der Waals surface area contributed by atoms with E-state index in [1.807, 2.05) is 12.3 Å². The minimum Gasteiger partial charge on any atom is -0.254 e. The lowest BCUT2D eigenvalue weighted by Gasteiger charge is -2.10. The van der Waals surface area contributed by atoms with Crippen LogP contribution in [0.5, 0.6) is 0 Å². The Balaban J connectivity index is 1.12. The molecular formula is C38H24N2. The lowest BCUT2D eigenvalue weighted by atomic mass is 9.96. The third-order valence-corrected chi connectivity index (χ3v) is 7.91. The summed E-state index contributed by atoms with van der Waals surface area (Å²) in [5, 5.41) is 8.60. The van der Waals surface area contributed by atoms with Gasteiger partial charge < -0.3 is 0 Å². The Bertz CT molecular complexity index is 2190. The highest BCUT2D eigenvalue weighted by Crippen LogP contribution is 2.33. The van der Waals surface area contributed by atoms with Crippen molar-refractivity contribution >= 4 is 43.2 Å². The van der Waals surface area contributed by atoms with Gasteiger partial charge in [-0.1, -0.05) is 121 Å². The third kappa shape index (κ3) is 3.73. The molecule has 2 aromatic heterocycles. The second-order valence-electron chi connectivity index (χ2n) is 10.3. The van der Waals surface area contributed by atoms with Crippen LogP contribution in [0, 0.1) is 0 Å². The largest absolute Gasteiger partial charge is 0.254 e. The number of pyridine rings is 2. The summed E-state index contributed by atoms with van der Waals surface area (Å²) in [6.07, 6.45) is 1.96. The van der Waals surface area contributed by atoms with Crippen molar-refractivity contribution in [1.29, 1.82) is 0 Å². The fourth-order valence-corrected chi connectivity index (χ4v) is 5.85. The molecule has 0 aliphatic heterocycles. The molecule has 0 fully saturated rings. The smallest absolute Gasteiger partial charge is 0.0972 e. The Morgan fingerprint density at radius 1 is 0.375 bits per heavy atom. The van der Waals surface area contributed by atoms with Crippen molar-refractivity contribution in [3.63, 3.8) is 0 Å². The van der Waals surface area contributed by atoms with Crippen LogP contribution >= 0.6 is 0 Å². The maximum atomic E-state index is 5.00. The number of hydrogen-bond acceptors (Lipinski definition) is 2. The van der Waals surface area contributed by atoms with Gasteiger partial charge in [-0.15, -0.1) is 0 Å². The second-order valence-corrected chi connectivity index (χ2v) is 10.3. The predicted octanol–water partition coefficient (Wildman–Crippen LogP) is 10.1. The summed E-state index contributed by atoms with van der Waals surface area (Å²) in [6, 6.07) is 49.5. The molecule has 6 aromatic carbocycles. The standard InChI is InChI=1S/C38H24N2/c1-2-8-31-27(7-1)17-18-29-23-28(19-21-32(29)31)25-13-15-26(16-14-25)30-20-22-37(39-24-30)38-35-11-4-3-9-33(35)34-10-5-6-12-36(34)40-38/h1-24H. The van der Waals surface area contributed by atoms with Gasteiger partial charge in [-0.2, -0.15) is 0 Å². The van der Waals surface area contributed by atoms with E-state index in [0.29, 0.717) is 0 Å². The van der Waals surface area contributed by atoms with E-state index in [4.69, 9.17) is 9.97 Å². The second kappa shape index (κ2) is 9.14. The van der Waals surface area contributed by atoms with Gasteiger partial charge in [-0.25, -0.2) is 4.98 Å². The van der Waals surface area contributed by atoms with Crippen LogP contribution in [-0.2, 0) is 0 Å². The normalized spacial score (nSPS) is 11.5. The molecule has 0 unspecified atom stereocenters. The molecule has 0 N–H and O–H groups in total.